The molecule has 0 saturated carbocycles. The molecule has 3 heterocycles. The van der Waals surface area contributed by atoms with Crippen LogP contribution in [0.5, 0.6) is 5.75 Å². The van der Waals surface area contributed by atoms with Crippen LogP contribution in [-0.2, 0) is 19.7 Å². The fourth-order valence-electron chi connectivity index (χ4n) is 3.82. The third-order valence-electron chi connectivity index (χ3n) is 5.69. The van der Waals surface area contributed by atoms with Crippen molar-refractivity contribution in [1.82, 2.24) is 19.6 Å². The van der Waals surface area contributed by atoms with Gasteiger partial charge in [-0.2, -0.15) is 5.10 Å². The molecule has 2 aromatic heterocycles. The number of carbonyl (C=O) groups excluding carboxylic acids is 1. The van der Waals surface area contributed by atoms with Gasteiger partial charge in [-0.05, 0) is 49.9 Å². The van der Waals surface area contributed by atoms with Crippen LogP contribution in [0.4, 0.5) is 0 Å². The summed E-state index contributed by atoms with van der Waals surface area (Å²) < 4.78 is 7.86. The molecule has 6 nitrogen and oxygen atoms in total. The summed E-state index contributed by atoms with van der Waals surface area (Å²) in [6.45, 7) is 11.8. The van der Waals surface area contributed by atoms with Gasteiger partial charge in [0, 0.05) is 56.6 Å². The highest BCUT2D eigenvalue weighted by molar-refractivity contribution is 7.12. The number of ether oxygens (including phenoxy) is 1. The molecule has 31 heavy (non-hydrogen) atoms. The van der Waals surface area contributed by atoms with Gasteiger partial charge in [-0.25, -0.2) is 0 Å². The maximum Gasteiger partial charge on any atom is 0.264 e. The first kappa shape index (κ1) is 21.6. The van der Waals surface area contributed by atoms with Crippen LogP contribution in [0.25, 0.3) is 0 Å². The lowest BCUT2D eigenvalue weighted by molar-refractivity contribution is 0.0633. The number of thiophene rings is 1. The topological polar surface area (TPSA) is 50.6 Å². The summed E-state index contributed by atoms with van der Waals surface area (Å²) in [6, 6.07) is 9.99. The van der Waals surface area contributed by atoms with Crippen molar-refractivity contribution in [3.8, 4) is 5.75 Å². The second-order valence-electron chi connectivity index (χ2n) is 8.09. The third kappa shape index (κ3) is 5.35. The highest BCUT2D eigenvalue weighted by atomic mass is 32.1. The van der Waals surface area contributed by atoms with Gasteiger partial charge in [-0.3, -0.25) is 14.4 Å². The Balaban J connectivity index is 1.28. The van der Waals surface area contributed by atoms with Crippen molar-refractivity contribution < 1.29 is 9.53 Å². The Hall–Kier alpha value is -2.64. The fraction of sp³-hybridized carbons (Fsp3) is 0.417. The summed E-state index contributed by atoms with van der Waals surface area (Å²) in [7, 11) is 0. The van der Waals surface area contributed by atoms with Gasteiger partial charge in [-0.1, -0.05) is 12.1 Å². The largest absolute Gasteiger partial charge is 0.489 e. The van der Waals surface area contributed by atoms with Crippen LogP contribution >= 0.6 is 11.3 Å². The zero-order valence-electron chi connectivity index (χ0n) is 18.5. The molecule has 0 atom stereocenters. The van der Waals surface area contributed by atoms with Crippen molar-refractivity contribution in [2.75, 3.05) is 26.2 Å². The third-order valence-corrected chi connectivity index (χ3v) is 6.65. The van der Waals surface area contributed by atoms with E-state index in [2.05, 4.69) is 30.0 Å². The second kappa shape index (κ2) is 9.66. The summed E-state index contributed by atoms with van der Waals surface area (Å²) in [5.74, 6) is 0.983. The molecule has 0 unspecified atom stereocenters. The first-order chi connectivity index (χ1) is 15.0. The van der Waals surface area contributed by atoms with Gasteiger partial charge in [0.05, 0.1) is 10.6 Å². The van der Waals surface area contributed by atoms with Gasteiger partial charge >= 0.3 is 0 Å². The SMILES string of the molecule is CCn1cc(CN2CCN(C(=O)c3cc(COc4cccc(C)c4)cs3)CC2)c(C)n1. The van der Waals surface area contributed by atoms with Crippen molar-refractivity contribution in [3.05, 3.63) is 69.2 Å². The minimum absolute atomic E-state index is 0.126. The highest BCUT2D eigenvalue weighted by Crippen LogP contribution is 2.21. The molecule has 1 amide bonds. The minimum Gasteiger partial charge on any atom is -0.489 e. The zero-order valence-corrected chi connectivity index (χ0v) is 19.3. The number of hydrogen-bond acceptors (Lipinski definition) is 5. The lowest BCUT2D eigenvalue weighted by Gasteiger charge is -2.34. The van der Waals surface area contributed by atoms with E-state index in [1.165, 1.54) is 22.5 Å². The molecule has 1 saturated heterocycles. The summed E-state index contributed by atoms with van der Waals surface area (Å²) in [5.41, 5.74) is 4.58. The van der Waals surface area contributed by atoms with Crippen LogP contribution in [0.2, 0.25) is 0 Å². The van der Waals surface area contributed by atoms with Crippen molar-refractivity contribution in [3.63, 3.8) is 0 Å². The van der Waals surface area contributed by atoms with E-state index in [9.17, 15) is 4.79 Å². The predicted octanol–water partition coefficient (Wildman–Crippen LogP) is 4.12. The number of benzene rings is 1. The molecule has 7 heteroatoms. The molecular formula is C24H30N4O2S. The Morgan fingerprint density at radius 2 is 1.97 bits per heavy atom. The molecule has 0 radical (unpaired) electrons. The number of piperazine rings is 1. The van der Waals surface area contributed by atoms with Gasteiger partial charge in [0.25, 0.3) is 5.91 Å². The van der Waals surface area contributed by atoms with Crippen LogP contribution in [0, 0.1) is 13.8 Å². The summed E-state index contributed by atoms with van der Waals surface area (Å²) in [5, 5.41) is 6.56. The normalized spacial score (nSPS) is 14.7. The molecular weight excluding hydrogens is 408 g/mol. The van der Waals surface area contributed by atoms with Gasteiger partial charge in [0.1, 0.15) is 12.4 Å². The Morgan fingerprint density at radius 3 is 2.68 bits per heavy atom. The van der Waals surface area contributed by atoms with E-state index < -0.39 is 0 Å². The standard InChI is InChI=1S/C24H30N4O2S/c1-4-28-15-21(19(3)25-28)14-26-8-10-27(11-9-26)24(29)23-13-20(17-31-23)16-30-22-7-5-6-18(2)12-22/h5-7,12-13,15,17H,4,8-11,14,16H2,1-3H3. The zero-order chi connectivity index (χ0) is 21.8. The van der Waals surface area contributed by atoms with E-state index in [1.807, 2.05) is 52.2 Å². The number of carbonyl (C=O) groups is 1. The number of nitrogens with zero attached hydrogens (tertiary/aromatic N) is 4. The molecule has 1 fully saturated rings. The Bertz CT molecular complexity index is 1030. The highest BCUT2D eigenvalue weighted by Gasteiger charge is 2.24. The lowest BCUT2D eigenvalue weighted by Crippen LogP contribution is -2.48. The van der Waals surface area contributed by atoms with Crippen molar-refractivity contribution >= 4 is 17.2 Å². The molecule has 0 aliphatic carbocycles. The van der Waals surface area contributed by atoms with E-state index in [1.54, 1.807) is 0 Å². The summed E-state index contributed by atoms with van der Waals surface area (Å²) in [4.78, 5) is 18.1. The molecule has 0 N–H and O–H groups in total. The van der Waals surface area contributed by atoms with Crippen molar-refractivity contribution in [1.29, 1.82) is 0 Å². The van der Waals surface area contributed by atoms with E-state index >= 15 is 0 Å². The monoisotopic (exact) mass is 438 g/mol. The Kier molecular flexibility index (Phi) is 6.73. The average molecular weight is 439 g/mol. The smallest absolute Gasteiger partial charge is 0.264 e. The molecule has 0 spiro atoms. The van der Waals surface area contributed by atoms with Crippen LogP contribution in [0.15, 0.2) is 41.9 Å². The van der Waals surface area contributed by atoms with E-state index in [0.717, 1.165) is 61.2 Å². The average Bonchev–Trinajstić information content (AvgIpc) is 3.39. The number of aryl methyl sites for hydroxylation is 3. The number of rotatable bonds is 7. The van der Waals surface area contributed by atoms with E-state index in [4.69, 9.17) is 4.74 Å². The van der Waals surface area contributed by atoms with Gasteiger partial charge in [0.15, 0.2) is 0 Å². The van der Waals surface area contributed by atoms with Crippen LogP contribution in [0.3, 0.4) is 0 Å². The van der Waals surface area contributed by atoms with Gasteiger partial charge < -0.3 is 9.64 Å². The lowest BCUT2D eigenvalue weighted by atomic mass is 10.2. The second-order valence-corrected chi connectivity index (χ2v) is 9.00. The van der Waals surface area contributed by atoms with E-state index in [-0.39, 0.29) is 5.91 Å². The van der Waals surface area contributed by atoms with Crippen LogP contribution < -0.4 is 4.74 Å². The van der Waals surface area contributed by atoms with Gasteiger partial charge in [-0.15, -0.1) is 11.3 Å². The summed E-state index contributed by atoms with van der Waals surface area (Å²) in [6.07, 6.45) is 2.14. The molecule has 1 aromatic carbocycles. The number of amides is 1. The molecule has 1 aliphatic rings. The maximum absolute atomic E-state index is 13.0. The molecule has 0 bridgehead atoms. The first-order valence-electron chi connectivity index (χ1n) is 10.8. The number of aromatic nitrogens is 2. The molecule has 3 aromatic rings. The van der Waals surface area contributed by atoms with Crippen LogP contribution in [-0.4, -0.2) is 51.7 Å². The Labute approximate surface area is 188 Å². The van der Waals surface area contributed by atoms with Crippen molar-refractivity contribution in [2.45, 2.75) is 40.5 Å². The molecule has 164 valence electrons. The molecule has 4 rings (SSSR count). The number of hydrogen-bond donors (Lipinski definition) is 0. The predicted molar refractivity (Wildman–Crippen MR) is 124 cm³/mol. The summed E-state index contributed by atoms with van der Waals surface area (Å²) >= 11 is 1.50. The van der Waals surface area contributed by atoms with Crippen molar-refractivity contribution in [2.24, 2.45) is 0 Å². The quantitative estimate of drug-likeness (QED) is 0.557. The van der Waals surface area contributed by atoms with E-state index in [0.29, 0.717) is 6.61 Å². The maximum atomic E-state index is 13.0. The Morgan fingerprint density at radius 1 is 1.16 bits per heavy atom. The van der Waals surface area contributed by atoms with Gasteiger partial charge in [0.2, 0.25) is 0 Å². The first-order valence-corrected chi connectivity index (χ1v) is 11.7. The fourth-order valence-corrected chi connectivity index (χ4v) is 4.68. The van der Waals surface area contributed by atoms with Crippen LogP contribution in [0.1, 0.15) is 39.0 Å². The minimum atomic E-state index is 0.126. The molecule has 1 aliphatic heterocycles.